The van der Waals surface area contributed by atoms with Crippen LogP contribution < -0.4 is 9.64 Å². The molecule has 4 aliphatic rings. The van der Waals surface area contributed by atoms with Gasteiger partial charge in [0.25, 0.3) is 0 Å². The first kappa shape index (κ1) is 30.3. The Bertz CT molecular complexity index is 1880. The van der Waals surface area contributed by atoms with Crippen molar-refractivity contribution >= 4 is 27.5 Å². The first-order valence-corrected chi connectivity index (χ1v) is 16.9. The molecule has 0 radical (unpaired) electrons. The molecule has 47 heavy (non-hydrogen) atoms. The highest BCUT2D eigenvalue weighted by atomic mass is 19.1. The summed E-state index contributed by atoms with van der Waals surface area (Å²) in [6.07, 6.45) is 16.4. The smallest absolute Gasteiger partial charge is 0.319 e. The van der Waals surface area contributed by atoms with E-state index in [2.05, 4.69) is 25.7 Å². The number of phenols is 1. The summed E-state index contributed by atoms with van der Waals surface area (Å²) in [5.41, 5.74) is 0.149. The average molecular weight is 640 g/mol. The standard InChI is InChI=1S/C37H39F2N5O3/c1-2-26-29(38)10-9-24-18-25(45)19-27(31(24)26)33-32(39)34-28(20-40-33)35(43-14-5-16-46-17-15-43)42-36(41-34)47-22-37-11-3-6-30(37)44(13-4-12-37)21-23-7-8-23/h1,9-10,18-20,23,30,45H,3-8,11-17,21-22H2. The summed E-state index contributed by atoms with van der Waals surface area (Å²) in [7, 11) is 0. The minimum absolute atomic E-state index is 0.0238. The Morgan fingerprint density at radius 1 is 1.04 bits per heavy atom. The number of aromatic hydroxyl groups is 1. The highest BCUT2D eigenvalue weighted by molar-refractivity contribution is 6.03. The van der Waals surface area contributed by atoms with Crippen molar-refractivity contribution < 1.29 is 23.4 Å². The van der Waals surface area contributed by atoms with E-state index < -0.39 is 11.6 Å². The number of ether oxygens (including phenoxy) is 2. The summed E-state index contributed by atoms with van der Waals surface area (Å²) in [5.74, 6) is 2.33. The predicted molar refractivity (Wildman–Crippen MR) is 177 cm³/mol. The zero-order valence-electron chi connectivity index (χ0n) is 26.5. The molecular weight excluding hydrogens is 600 g/mol. The van der Waals surface area contributed by atoms with Crippen LogP contribution in [0.2, 0.25) is 0 Å². The number of pyridine rings is 1. The Morgan fingerprint density at radius 3 is 2.77 bits per heavy atom. The molecular formula is C37H39F2N5O3. The molecule has 1 N–H and O–H groups in total. The number of benzene rings is 2. The number of aromatic nitrogens is 3. The monoisotopic (exact) mass is 639 g/mol. The highest BCUT2D eigenvalue weighted by Gasteiger charge is 2.49. The van der Waals surface area contributed by atoms with E-state index in [0.717, 1.165) is 38.1 Å². The van der Waals surface area contributed by atoms with Crippen LogP contribution in [0.1, 0.15) is 56.9 Å². The summed E-state index contributed by atoms with van der Waals surface area (Å²) >= 11 is 0. The van der Waals surface area contributed by atoms with Gasteiger partial charge >= 0.3 is 6.01 Å². The van der Waals surface area contributed by atoms with Crippen LogP contribution in [0.3, 0.4) is 0 Å². The van der Waals surface area contributed by atoms with E-state index in [1.165, 1.54) is 56.5 Å². The number of hydrogen-bond acceptors (Lipinski definition) is 8. The Labute approximate surface area is 273 Å². The zero-order chi connectivity index (χ0) is 32.1. The van der Waals surface area contributed by atoms with Gasteiger partial charge in [0, 0.05) is 54.8 Å². The van der Waals surface area contributed by atoms with Crippen molar-refractivity contribution in [2.45, 2.75) is 57.4 Å². The molecule has 2 aromatic carbocycles. The summed E-state index contributed by atoms with van der Waals surface area (Å²) in [6.45, 7) is 5.22. The van der Waals surface area contributed by atoms with Crippen LogP contribution in [0.4, 0.5) is 14.6 Å². The average Bonchev–Trinajstić information content (AvgIpc) is 3.85. The van der Waals surface area contributed by atoms with Gasteiger partial charge in [-0.25, -0.2) is 8.78 Å². The number of anilines is 1. The van der Waals surface area contributed by atoms with Gasteiger partial charge in [-0.15, -0.1) is 6.42 Å². The Hall–Kier alpha value is -4.07. The zero-order valence-corrected chi connectivity index (χ0v) is 26.5. The summed E-state index contributed by atoms with van der Waals surface area (Å²) in [5, 5.41) is 11.8. The largest absolute Gasteiger partial charge is 0.508 e. The third-order valence-corrected chi connectivity index (χ3v) is 10.7. The second kappa shape index (κ2) is 12.2. The molecule has 0 spiro atoms. The van der Waals surface area contributed by atoms with E-state index in [0.29, 0.717) is 60.9 Å². The maximum absolute atomic E-state index is 16.9. The Morgan fingerprint density at radius 2 is 1.91 bits per heavy atom. The Kier molecular flexibility index (Phi) is 7.85. The molecule has 2 aromatic heterocycles. The molecule has 2 saturated carbocycles. The van der Waals surface area contributed by atoms with Crippen molar-refractivity contribution in [2.75, 3.05) is 50.9 Å². The quantitative estimate of drug-likeness (QED) is 0.231. The maximum Gasteiger partial charge on any atom is 0.319 e. The first-order valence-electron chi connectivity index (χ1n) is 16.9. The van der Waals surface area contributed by atoms with Gasteiger partial charge in [0.1, 0.15) is 28.6 Å². The summed E-state index contributed by atoms with van der Waals surface area (Å²) < 4.78 is 43.9. The number of rotatable bonds is 7. The molecule has 4 aromatic rings. The van der Waals surface area contributed by atoms with Crippen molar-refractivity contribution in [1.82, 2.24) is 19.9 Å². The SMILES string of the molecule is C#Cc1c(F)ccc2cc(O)cc(-c3ncc4c(N5CCCOCC5)nc(OCC56CCCC5N(CC5CC5)CCC6)nc4c3F)c12. The van der Waals surface area contributed by atoms with Crippen molar-refractivity contribution in [2.24, 2.45) is 11.3 Å². The lowest BCUT2D eigenvalue weighted by molar-refractivity contribution is -0.00241. The van der Waals surface area contributed by atoms with Crippen molar-refractivity contribution in [3.8, 4) is 35.4 Å². The maximum atomic E-state index is 16.9. The number of phenolic OH excluding ortho intramolecular Hbond substituents is 1. The van der Waals surface area contributed by atoms with E-state index in [1.54, 1.807) is 6.20 Å². The van der Waals surface area contributed by atoms with Crippen LogP contribution in [0.5, 0.6) is 11.8 Å². The van der Waals surface area contributed by atoms with Crippen LogP contribution in [0, 0.1) is 35.3 Å². The predicted octanol–water partition coefficient (Wildman–Crippen LogP) is 6.46. The number of halogens is 2. The molecule has 4 fully saturated rings. The molecule has 2 aliphatic heterocycles. The van der Waals surface area contributed by atoms with Gasteiger partial charge in [-0.2, -0.15) is 9.97 Å². The van der Waals surface area contributed by atoms with Crippen LogP contribution in [-0.2, 0) is 4.74 Å². The molecule has 2 atom stereocenters. The van der Waals surface area contributed by atoms with E-state index in [-0.39, 0.29) is 39.5 Å². The summed E-state index contributed by atoms with van der Waals surface area (Å²) in [6, 6.07) is 6.19. The third kappa shape index (κ3) is 5.53. The molecule has 2 unspecified atom stereocenters. The molecule has 8 rings (SSSR count). The van der Waals surface area contributed by atoms with Crippen LogP contribution in [-0.4, -0.2) is 77.0 Å². The molecule has 244 valence electrons. The number of nitrogens with zero attached hydrogens (tertiary/aromatic N) is 5. The first-order chi connectivity index (χ1) is 22.9. The van der Waals surface area contributed by atoms with E-state index in [9.17, 15) is 9.50 Å². The lowest BCUT2D eigenvalue weighted by atomic mass is 9.75. The van der Waals surface area contributed by atoms with E-state index in [1.807, 2.05) is 0 Å². The van der Waals surface area contributed by atoms with Gasteiger partial charge in [-0.05, 0) is 81.0 Å². The highest BCUT2D eigenvalue weighted by Crippen LogP contribution is 2.49. The lowest BCUT2D eigenvalue weighted by Crippen LogP contribution is -2.52. The van der Waals surface area contributed by atoms with Gasteiger partial charge in [-0.3, -0.25) is 9.88 Å². The van der Waals surface area contributed by atoms with Crippen molar-refractivity contribution in [3.63, 3.8) is 0 Å². The third-order valence-electron chi connectivity index (χ3n) is 10.7. The number of piperidine rings is 1. The fourth-order valence-electron chi connectivity index (χ4n) is 8.30. The molecule has 10 heteroatoms. The fourth-order valence-corrected chi connectivity index (χ4v) is 8.30. The van der Waals surface area contributed by atoms with Crippen molar-refractivity contribution in [1.29, 1.82) is 0 Å². The molecule has 8 nitrogen and oxygen atoms in total. The van der Waals surface area contributed by atoms with Gasteiger partial charge in [0.15, 0.2) is 5.82 Å². The Balaban J connectivity index is 1.22. The molecule has 0 amide bonds. The van der Waals surface area contributed by atoms with Gasteiger partial charge in [0.05, 0.1) is 24.2 Å². The fraction of sp³-hybridized carbons (Fsp3) is 0.486. The van der Waals surface area contributed by atoms with Crippen LogP contribution >= 0.6 is 0 Å². The van der Waals surface area contributed by atoms with Gasteiger partial charge in [-0.1, -0.05) is 18.4 Å². The second-order valence-electron chi connectivity index (χ2n) is 13.7. The minimum Gasteiger partial charge on any atom is -0.508 e. The number of hydrogen-bond donors (Lipinski definition) is 1. The van der Waals surface area contributed by atoms with E-state index >= 15 is 4.39 Å². The lowest BCUT2D eigenvalue weighted by Gasteiger charge is -2.46. The number of fused-ring (bicyclic) bond motifs is 3. The van der Waals surface area contributed by atoms with Crippen LogP contribution in [0.15, 0.2) is 30.5 Å². The normalized spacial score (nSPS) is 23.5. The van der Waals surface area contributed by atoms with Gasteiger partial charge < -0.3 is 19.5 Å². The molecule has 2 aliphatic carbocycles. The van der Waals surface area contributed by atoms with E-state index in [4.69, 9.17) is 20.9 Å². The summed E-state index contributed by atoms with van der Waals surface area (Å²) in [4.78, 5) is 18.9. The topological polar surface area (TPSA) is 83.8 Å². The molecule has 2 saturated heterocycles. The number of terminal acetylenes is 1. The number of likely N-dealkylation sites (tertiary alicyclic amines) is 1. The minimum atomic E-state index is -0.716. The second-order valence-corrected chi connectivity index (χ2v) is 13.7. The van der Waals surface area contributed by atoms with Crippen molar-refractivity contribution in [3.05, 3.63) is 47.7 Å². The molecule has 4 heterocycles. The van der Waals surface area contributed by atoms with Crippen LogP contribution in [0.25, 0.3) is 32.9 Å². The molecule has 0 bridgehead atoms. The van der Waals surface area contributed by atoms with Gasteiger partial charge in [0.2, 0.25) is 0 Å².